The first kappa shape index (κ1) is 13.0. The topological polar surface area (TPSA) is 103 Å². The predicted octanol–water partition coefficient (Wildman–Crippen LogP) is 2.26. The molecule has 0 saturated carbocycles. The second-order valence-corrected chi connectivity index (χ2v) is 4.84. The minimum Gasteiger partial charge on any atom is -0.398 e. The minimum absolute atomic E-state index is 0.0303. The molecule has 0 unspecified atom stereocenters. The van der Waals surface area contributed by atoms with E-state index in [0.29, 0.717) is 5.56 Å². The third-order valence-electron chi connectivity index (χ3n) is 3.60. The lowest BCUT2D eigenvalue weighted by atomic mass is 9.81. The van der Waals surface area contributed by atoms with Crippen molar-refractivity contribution >= 4 is 22.9 Å². The zero-order chi connectivity index (χ0) is 15.3. The average Bonchev–Trinajstić information content (AvgIpc) is 2.43. The summed E-state index contributed by atoms with van der Waals surface area (Å²) >= 11 is 0. The van der Waals surface area contributed by atoms with Gasteiger partial charge in [0.15, 0.2) is 5.78 Å². The van der Waals surface area contributed by atoms with Crippen LogP contribution in [0.25, 0.3) is 0 Å². The van der Waals surface area contributed by atoms with Crippen LogP contribution in [0, 0.1) is 17.0 Å². The van der Waals surface area contributed by atoms with Gasteiger partial charge in [0, 0.05) is 22.4 Å². The maximum Gasteiger partial charge on any atom is 0.284 e. The fourth-order valence-electron chi connectivity index (χ4n) is 2.63. The molecule has 3 rings (SSSR count). The van der Waals surface area contributed by atoms with Gasteiger partial charge in [-0.3, -0.25) is 19.7 Å². The number of ketones is 2. The molecule has 2 N–H and O–H groups in total. The van der Waals surface area contributed by atoms with E-state index < -0.39 is 16.5 Å². The van der Waals surface area contributed by atoms with E-state index in [0.717, 1.165) is 0 Å². The predicted molar refractivity (Wildman–Crippen MR) is 75.6 cm³/mol. The van der Waals surface area contributed by atoms with E-state index in [4.69, 9.17) is 5.73 Å². The number of carbonyl (C=O) groups is 2. The van der Waals surface area contributed by atoms with E-state index in [1.807, 2.05) is 0 Å². The van der Waals surface area contributed by atoms with Crippen molar-refractivity contribution in [1.82, 2.24) is 0 Å². The van der Waals surface area contributed by atoms with Crippen LogP contribution in [0.5, 0.6) is 0 Å². The lowest BCUT2D eigenvalue weighted by Crippen LogP contribution is -2.23. The number of aryl methyl sites for hydroxylation is 1. The van der Waals surface area contributed by atoms with Crippen molar-refractivity contribution in [2.45, 2.75) is 6.92 Å². The van der Waals surface area contributed by atoms with E-state index >= 15 is 0 Å². The van der Waals surface area contributed by atoms with Crippen LogP contribution >= 0.6 is 0 Å². The Balaban J connectivity index is 2.41. The van der Waals surface area contributed by atoms with Crippen LogP contribution in [0.15, 0.2) is 30.3 Å². The largest absolute Gasteiger partial charge is 0.398 e. The molecular formula is C15H10N2O4. The first-order valence-corrected chi connectivity index (χ1v) is 6.19. The summed E-state index contributed by atoms with van der Waals surface area (Å²) in [5.41, 5.74) is 6.10. The Morgan fingerprint density at radius 3 is 2.29 bits per heavy atom. The number of nitro groups is 1. The normalized spacial score (nSPS) is 12.8. The standard InChI is InChI=1S/C15H10N2O4/c1-7-5-6-9-12(13(7)17(20)21)15(19)8-3-2-4-10(16)11(8)14(9)18/h2-6H,16H2,1H3. The molecule has 1 aliphatic carbocycles. The molecule has 0 spiro atoms. The van der Waals surface area contributed by atoms with Gasteiger partial charge in [-0.05, 0) is 19.1 Å². The molecule has 0 fully saturated rings. The summed E-state index contributed by atoms with van der Waals surface area (Å²) in [6, 6.07) is 7.43. The Kier molecular flexibility index (Phi) is 2.62. The third kappa shape index (κ3) is 1.66. The Hall–Kier alpha value is -3.02. The number of benzene rings is 2. The smallest absolute Gasteiger partial charge is 0.284 e. The highest BCUT2D eigenvalue weighted by atomic mass is 16.6. The monoisotopic (exact) mass is 282 g/mol. The molecule has 6 heteroatoms. The molecule has 0 radical (unpaired) electrons. The van der Waals surface area contributed by atoms with E-state index in [-0.39, 0.29) is 33.6 Å². The third-order valence-corrected chi connectivity index (χ3v) is 3.60. The van der Waals surface area contributed by atoms with Gasteiger partial charge in [-0.1, -0.05) is 18.2 Å². The molecule has 1 aliphatic rings. The second-order valence-electron chi connectivity index (χ2n) is 4.84. The molecule has 6 nitrogen and oxygen atoms in total. The Morgan fingerprint density at radius 1 is 1.00 bits per heavy atom. The van der Waals surface area contributed by atoms with Crippen molar-refractivity contribution in [3.8, 4) is 0 Å². The highest BCUT2D eigenvalue weighted by Gasteiger charge is 2.37. The van der Waals surface area contributed by atoms with Crippen LogP contribution in [0.2, 0.25) is 0 Å². The maximum absolute atomic E-state index is 12.6. The SMILES string of the molecule is Cc1ccc2c(c1[N+](=O)[O-])C(=O)c1cccc(N)c1C2=O. The second kappa shape index (κ2) is 4.24. The number of hydrogen-bond acceptors (Lipinski definition) is 5. The number of fused-ring (bicyclic) bond motifs is 2. The summed E-state index contributed by atoms with van der Waals surface area (Å²) in [6.07, 6.45) is 0. The lowest BCUT2D eigenvalue weighted by molar-refractivity contribution is -0.385. The summed E-state index contributed by atoms with van der Waals surface area (Å²) < 4.78 is 0. The summed E-state index contributed by atoms with van der Waals surface area (Å²) in [4.78, 5) is 35.7. The van der Waals surface area contributed by atoms with E-state index in [1.54, 1.807) is 6.07 Å². The summed E-state index contributed by atoms with van der Waals surface area (Å²) in [7, 11) is 0. The molecule has 104 valence electrons. The number of nitro benzene ring substituents is 1. The summed E-state index contributed by atoms with van der Waals surface area (Å²) in [5, 5.41) is 11.2. The van der Waals surface area contributed by atoms with Crippen LogP contribution in [-0.2, 0) is 0 Å². The van der Waals surface area contributed by atoms with Crippen molar-refractivity contribution < 1.29 is 14.5 Å². The van der Waals surface area contributed by atoms with Crippen LogP contribution in [-0.4, -0.2) is 16.5 Å². The first-order valence-electron chi connectivity index (χ1n) is 6.19. The highest BCUT2D eigenvalue weighted by Crippen LogP contribution is 2.36. The van der Waals surface area contributed by atoms with Crippen molar-refractivity contribution in [3.63, 3.8) is 0 Å². The van der Waals surface area contributed by atoms with Crippen LogP contribution in [0.4, 0.5) is 11.4 Å². The maximum atomic E-state index is 12.6. The van der Waals surface area contributed by atoms with Crippen molar-refractivity contribution in [2.75, 3.05) is 5.73 Å². The fraction of sp³-hybridized carbons (Fsp3) is 0.0667. The number of rotatable bonds is 1. The van der Waals surface area contributed by atoms with Gasteiger partial charge >= 0.3 is 0 Å². The molecule has 0 saturated heterocycles. The van der Waals surface area contributed by atoms with Gasteiger partial charge in [-0.25, -0.2) is 0 Å². The number of hydrogen-bond donors (Lipinski definition) is 1. The minimum atomic E-state index is -0.628. The molecule has 0 aliphatic heterocycles. The van der Waals surface area contributed by atoms with Gasteiger partial charge in [0.1, 0.15) is 5.56 Å². The molecule has 0 heterocycles. The zero-order valence-corrected chi connectivity index (χ0v) is 11.0. The van der Waals surface area contributed by atoms with Gasteiger partial charge in [0.2, 0.25) is 5.78 Å². The molecule has 0 amide bonds. The lowest BCUT2D eigenvalue weighted by Gasteiger charge is -2.19. The van der Waals surface area contributed by atoms with Crippen molar-refractivity contribution in [1.29, 1.82) is 0 Å². The van der Waals surface area contributed by atoms with Crippen molar-refractivity contribution in [2.24, 2.45) is 0 Å². The zero-order valence-electron chi connectivity index (χ0n) is 11.0. The first-order chi connectivity index (χ1) is 9.93. The van der Waals surface area contributed by atoms with E-state index in [2.05, 4.69) is 0 Å². The number of nitrogens with two attached hydrogens (primary N) is 1. The van der Waals surface area contributed by atoms with Gasteiger partial charge in [-0.15, -0.1) is 0 Å². The number of nitrogens with zero attached hydrogens (tertiary/aromatic N) is 1. The molecular weight excluding hydrogens is 272 g/mol. The highest BCUT2D eigenvalue weighted by molar-refractivity contribution is 6.31. The van der Waals surface area contributed by atoms with Gasteiger partial charge < -0.3 is 5.73 Å². The molecule has 21 heavy (non-hydrogen) atoms. The Morgan fingerprint density at radius 2 is 1.62 bits per heavy atom. The van der Waals surface area contributed by atoms with E-state index in [9.17, 15) is 19.7 Å². The van der Waals surface area contributed by atoms with Crippen LogP contribution < -0.4 is 5.73 Å². The van der Waals surface area contributed by atoms with E-state index in [1.165, 1.54) is 31.2 Å². The quantitative estimate of drug-likeness (QED) is 0.419. The Bertz CT molecular complexity index is 840. The summed E-state index contributed by atoms with van der Waals surface area (Å²) in [6.45, 7) is 1.53. The Labute approximate surface area is 119 Å². The molecule has 0 aromatic heterocycles. The number of nitrogen functional groups attached to an aromatic ring is 1. The number of anilines is 1. The van der Waals surface area contributed by atoms with Gasteiger partial charge in [0.05, 0.1) is 10.5 Å². The van der Waals surface area contributed by atoms with Crippen LogP contribution in [0.3, 0.4) is 0 Å². The summed E-state index contributed by atoms with van der Waals surface area (Å²) in [5.74, 6) is -0.997. The van der Waals surface area contributed by atoms with Gasteiger partial charge in [-0.2, -0.15) is 0 Å². The molecule has 0 atom stereocenters. The van der Waals surface area contributed by atoms with Crippen LogP contribution in [0.1, 0.15) is 37.4 Å². The molecule has 2 aromatic carbocycles. The molecule has 0 bridgehead atoms. The van der Waals surface area contributed by atoms with Crippen molar-refractivity contribution in [3.05, 3.63) is 68.3 Å². The fourth-order valence-corrected chi connectivity index (χ4v) is 2.63. The number of carbonyl (C=O) groups excluding carboxylic acids is 2. The molecule has 2 aromatic rings. The average molecular weight is 282 g/mol. The van der Waals surface area contributed by atoms with Gasteiger partial charge in [0.25, 0.3) is 5.69 Å².